The van der Waals surface area contributed by atoms with E-state index in [1.807, 2.05) is 24.3 Å². The number of ether oxygens (including phenoxy) is 3. The fourth-order valence-corrected chi connectivity index (χ4v) is 2.37. The van der Waals surface area contributed by atoms with Crippen molar-refractivity contribution in [2.24, 2.45) is 0 Å². The molecule has 0 unspecified atom stereocenters. The van der Waals surface area contributed by atoms with Crippen molar-refractivity contribution in [1.29, 1.82) is 0 Å². The summed E-state index contributed by atoms with van der Waals surface area (Å²) in [5.74, 6) is 0.815. The quantitative estimate of drug-likeness (QED) is 0.713. The van der Waals surface area contributed by atoms with E-state index in [1.165, 1.54) is 0 Å². The Hall–Kier alpha value is -0.660. The highest BCUT2D eigenvalue weighted by Gasteiger charge is 2.14. The third kappa shape index (κ3) is 6.76. The van der Waals surface area contributed by atoms with Crippen LogP contribution in [0.2, 0.25) is 0 Å². The summed E-state index contributed by atoms with van der Waals surface area (Å²) in [5.41, 5.74) is 0. The smallest absolute Gasteiger partial charge is 0.119 e. The molecule has 0 bridgehead atoms. The Kier molecular flexibility index (Phi) is 7.46. The second kappa shape index (κ2) is 9.38. The average molecular weight is 360 g/mol. The van der Waals surface area contributed by atoms with Gasteiger partial charge in [-0.15, -0.1) is 0 Å². The molecular weight excluding hydrogens is 338 g/mol. The Morgan fingerprint density at radius 2 is 1.90 bits per heavy atom. The van der Waals surface area contributed by atoms with Crippen molar-refractivity contribution in [2.75, 3.05) is 52.7 Å². The lowest BCUT2D eigenvalue weighted by molar-refractivity contribution is -0.0178. The molecule has 1 aromatic rings. The first-order valence-corrected chi connectivity index (χ1v) is 7.97. The fourth-order valence-electron chi connectivity index (χ4n) is 2.10. The van der Waals surface area contributed by atoms with Gasteiger partial charge < -0.3 is 19.3 Å². The Bertz CT molecular complexity index is 395. The molecule has 1 aliphatic rings. The predicted molar refractivity (Wildman–Crippen MR) is 83.7 cm³/mol. The molecule has 1 saturated heterocycles. The minimum absolute atomic E-state index is 0.334. The average Bonchev–Trinajstić information content (AvgIpc) is 2.50. The molecule has 1 heterocycles. The third-order valence-electron chi connectivity index (χ3n) is 3.19. The van der Waals surface area contributed by atoms with Crippen molar-refractivity contribution < 1.29 is 19.3 Å². The molecule has 0 radical (unpaired) electrons. The van der Waals surface area contributed by atoms with Crippen LogP contribution in [0.3, 0.4) is 0 Å². The van der Waals surface area contributed by atoms with E-state index in [0.29, 0.717) is 26.4 Å². The molecule has 118 valence electrons. The molecule has 1 N–H and O–H groups in total. The van der Waals surface area contributed by atoms with Gasteiger partial charge in [0.25, 0.3) is 0 Å². The standard InChI is InChI=1S/C15H22BrNO4/c16-13-1-3-15(4-2-13)21-10-9-20-12-14(18)11-17-5-7-19-8-6-17/h1-4,14,18H,5-12H2/t14-/m0/s1. The van der Waals surface area contributed by atoms with Crippen LogP contribution >= 0.6 is 15.9 Å². The van der Waals surface area contributed by atoms with Gasteiger partial charge in [0.05, 0.1) is 32.5 Å². The van der Waals surface area contributed by atoms with E-state index >= 15 is 0 Å². The zero-order chi connectivity index (χ0) is 14.9. The second-order valence-corrected chi connectivity index (χ2v) is 5.86. The van der Waals surface area contributed by atoms with Crippen molar-refractivity contribution >= 4 is 15.9 Å². The lowest BCUT2D eigenvalue weighted by Crippen LogP contribution is -2.42. The van der Waals surface area contributed by atoms with E-state index in [9.17, 15) is 5.11 Å². The van der Waals surface area contributed by atoms with Crippen LogP contribution in [0.4, 0.5) is 0 Å². The van der Waals surface area contributed by atoms with Gasteiger partial charge in [-0.2, -0.15) is 0 Å². The zero-order valence-electron chi connectivity index (χ0n) is 12.0. The highest BCUT2D eigenvalue weighted by Crippen LogP contribution is 2.15. The summed E-state index contributed by atoms with van der Waals surface area (Å²) < 4.78 is 17.3. The number of nitrogens with zero attached hydrogens (tertiary/aromatic N) is 1. The number of aliphatic hydroxyl groups excluding tert-OH is 1. The monoisotopic (exact) mass is 359 g/mol. The van der Waals surface area contributed by atoms with E-state index in [1.54, 1.807) is 0 Å². The molecule has 1 fully saturated rings. The van der Waals surface area contributed by atoms with Gasteiger partial charge in [0, 0.05) is 24.1 Å². The zero-order valence-corrected chi connectivity index (χ0v) is 13.6. The van der Waals surface area contributed by atoms with Gasteiger partial charge in [-0.25, -0.2) is 0 Å². The molecule has 6 heteroatoms. The van der Waals surface area contributed by atoms with E-state index < -0.39 is 6.10 Å². The van der Waals surface area contributed by atoms with E-state index in [2.05, 4.69) is 20.8 Å². The third-order valence-corrected chi connectivity index (χ3v) is 3.72. The summed E-state index contributed by atoms with van der Waals surface area (Å²) in [6, 6.07) is 7.67. The van der Waals surface area contributed by atoms with Crippen molar-refractivity contribution in [2.45, 2.75) is 6.10 Å². The lowest BCUT2D eigenvalue weighted by Gasteiger charge is -2.28. The van der Waals surface area contributed by atoms with Gasteiger partial charge in [-0.1, -0.05) is 15.9 Å². The van der Waals surface area contributed by atoms with Crippen LogP contribution in [0.5, 0.6) is 5.75 Å². The molecule has 0 aliphatic carbocycles. The van der Waals surface area contributed by atoms with E-state index in [4.69, 9.17) is 14.2 Å². The highest BCUT2D eigenvalue weighted by molar-refractivity contribution is 9.10. The number of hydrogen-bond donors (Lipinski definition) is 1. The van der Waals surface area contributed by atoms with Crippen LogP contribution in [-0.4, -0.2) is 68.8 Å². The summed E-state index contributed by atoms with van der Waals surface area (Å²) in [7, 11) is 0. The topological polar surface area (TPSA) is 51.2 Å². The molecule has 5 nitrogen and oxygen atoms in total. The highest BCUT2D eigenvalue weighted by atomic mass is 79.9. The number of hydrogen-bond acceptors (Lipinski definition) is 5. The Labute approximate surface area is 133 Å². The van der Waals surface area contributed by atoms with Crippen LogP contribution in [0.1, 0.15) is 0 Å². The van der Waals surface area contributed by atoms with Gasteiger partial charge in [0.1, 0.15) is 12.4 Å². The van der Waals surface area contributed by atoms with Crippen LogP contribution < -0.4 is 4.74 Å². The van der Waals surface area contributed by atoms with Crippen molar-refractivity contribution in [3.63, 3.8) is 0 Å². The Morgan fingerprint density at radius 3 is 2.62 bits per heavy atom. The Balaban J connectivity index is 1.51. The SMILES string of the molecule is O[C@H](COCCOc1ccc(Br)cc1)CN1CCOCC1. The molecular formula is C15H22BrNO4. The summed E-state index contributed by atoms with van der Waals surface area (Å²) >= 11 is 3.38. The molecule has 0 spiro atoms. The number of β-amino-alcohol motifs (C(OH)–C–C–N with tert-alkyl or cyclic N) is 1. The minimum Gasteiger partial charge on any atom is -0.491 e. The van der Waals surface area contributed by atoms with E-state index in [-0.39, 0.29) is 0 Å². The van der Waals surface area contributed by atoms with Gasteiger partial charge in [-0.05, 0) is 24.3 Å². The fraction of sp³-hybridized carbons (Fsp3) is 0.600. The molecule has 21 heavy (non-hydrogen) atoms. The van der Waals surface area contributed by atoms with Crippen LogP contribution in [0.25, 0.3) is 0 Å². The van der Waals surface area contributed by atoms with Crippen molar-refractivity contribution in [3.05, 3.63) is 28.7 Å². The van der Waals surface area contributed by atoms with Crippen molar-refractivity contribution in [3.8, 4) is 5.75 Å². The maximum absolute atomic E-state index is 9.89. The number of aliphatic hydroxyl groups is 1. The summed E-state index contributed by atoms with van der Waals surface area (Å²) in [6.07, 6.45) is -0.462. The molecule has 0 saturated carbocycles. The van der Waals surface area contributed by atoms with Crippen molar-refractivity contribution in [1.82, 2.24) is 4.90 Å². The first-order chi connectivity index (χ1) is 10.2. The molecule has 1 aromatic carbocycles. The molecule has 1 aliphatic heterocycles. The van der Waals surface area contributed by atoms with Crippen LogP contribution in [0.15, 0.2) is 28.7 Å². The maximum atomic E-state index is 9.89. The maximum Gasteiger partial charge on any atom is 0.119 e. The lowest BCUT2D eigenvalue weighted by atomic mass is 10.3. The number of morpholine rings is 1. The largest absolute Gasteiger partial charge is 0.491 e. The number of benzene rings is 1. The summed E-state index contributed by atoms with van der Waals surface area (Å²) in [4.78, 5) is 2.19. The first-order valence-electron chi connectivity index (χ1n) is 7.18. The van der Waals surface area contributed by atoms with E-state index in [0.717, 1.165) is 36.5 Å². The number of halogens is 1. The van der Waals surface area contributed by atoms with Gasteiger partial charge in [0.2, 0.25) is 0 Å². The minimum atomic E-state index is -0.462. The normalized spacial score (nSPS) is 17.6. The summed E-state index contributed by atoms with van der Waals surface area (Å²) in [5, 5.41) is 9.89. The van der Waals surface area contributed by atoms with Gasteiger partial charge in [0.15, 0.2) is 0 Å². The molecule has 0 aromatic heterocycles. The first kappa shape index (κ1) is 16.7. The second-order valence-electron chi connectivity index (χ2n) is 4.94. The van der Waals surface area contributed by atoms with Crippen LogP contribution in [0, 0.1) is 0 Å². The van der Waals surface area contributed by atoms with Crippen LogP contribution in [-0.2, 0) is 9.47 Å². The molecule has 2 rings (SSSR count). The molecule has 1 atom stereocenters. The predicted octanol–water partition coefficient (Wildman–Crippen LogP) is 1.54. The molecule has 0 amide bonds. The number of rotatable bonds is 8. The van der Waals surface area contributed by atoms with Gasteiger partial charge >= 0.3 is 0 Å². The summed E-state index contributed by atoms with van der Waals surface area (Å²) in [6.45, 7) is 5.16. The Morgan fingerprint density at radius 1 is 1.19 bits per heavy atom. The van der Waals surface area contributed by atoms with Gasteiger partial charge in [-0.3, -0.25) is 4.90 Å².